The Kier molecular flexibility index (Phi) is 4.94. The molecule has 0 saturated carbocycles. The number of furan rings is 1. The number of ether oxygens (including phenoxy) is 1. The molecule has 0 unspecified atom stereocenters. The molecule has 0 aliphatic carbocycles. The number of piperidine rings is 1. The lowest BCUT2D eigenvalue weighted by atomic mass is 10.1. The molecule has 2 heterocycles. The van der Waals surface area contributed by atoms with E-state index in [0.717, 1.165) is 42.6 Å². The fourth-order valence-electron chi connectivity index (χ4n) is 3.74. The molecule has 1 saturated heterocycles. The van der Waals surface area contributed by atoms with Crippen LogP contribution in [-0.2, 0) is 0 Å². The molecule has 4 rings (SSSR count). The van der Waals surface area contributed by atoms with Gasteiger partial charge in [-0.25, -0.2) is 4.39 Å². The summed E-state index contributed by atoms with van der Waals surface area (Å²) in [5.41, 5.74) is 2.63. The van der Waals surface area contributed by atoms with Gasteiger partial charge in [-0.2, -0.15) is 0 Å². The number of carbonyl (C=O) groups is 1. The molecule has 1 fully saturated rings. The molecule has 0 radical (unpaired) electrons. The Bertz CT molecular complexity index is 1020. The number of hydrogen-bond donors (Lipinski definition) is 1. The number of aryl methyl sites for hydroxylation is 1. The summed E-state index contributed by atoms with van der Waals surface area (Å²) >= 11 is 0. The molecule has 2 aromatic carbocycles. The maximum absolute atomic E-state index is 13.9. The zero-order chi connectivity index (χ0) is 19.7. The first kappa shape index (κ1) is 18.3. The Morgan fingerprint density at radius 2 is 1.93 bits per heavy atom. The van der Waals surface area contributed by atoms with Crippen LogP contribution in [0.3, 0.4) is 0 Å². The number of hydrogen-bond acceptors (Lipinski definition) is 4. The summed E-state index contributed by atoms with van der Waals surface area (Å²) in [4.78, 5) is 15.1. The van der Waals surface area contributed by atoms with E-state index >= 15 is 0 Å². The number of methoxy groups -OCH3 is 1. The standard InChI is InChI=1S/C22H23FN2O3/c1-14-17-13-16(27-2)7-9-20(17)28-21(14)22(26)24-18-12-15(23)6-8-19(18)25-10-4-3-5-11-25/h6-9,12-13H,3-5,10-11H2,1-2H3,(H,24,26). The minimum atomic E-state index is -0.392. The summed E-state index contributed by atoms with van der Waals surface area (Å²) in [5, 5.41) is 3.67. The fraction of sp³-hybridized carbons (Fsp3) is 0.318. The minimum absolute atomic E-state index is 0.220. The van der Waals surface area contributed by atoms with Crippen molar-refractivity contribution in [1.82, 2.24) is 0 Å². The lowest BCUT2D eigenvalue weighted by Crippen LogP contribution is -2.30. The van der Waals surface area contributed by atoms with E-state index in [9.17, 15) is 9.18 Å². The average Bonchev–Trinajstić information content (AvgIpc) is 3.05. The third-order valence-corrected chi connectivity index (χ3v) is 5.25. The molecule has 1 aromatic heterocycles. The van der Waals surface area contributed by atoms with Crippen molar-refractivity contribution in [2.75, 3.05) is 30.4 Å². The van der Waals surface area contributed by atoms with Crippen LogP contribution >= 0.6 is 0 Å². The average molecular weight is 382 g/mol. The van der Waals surface area contributed by atoms with Gasteiger partial charge in [0.15, 0.2) is 5.76 Å². The molecular weight excluding hydrogens is 359 g/mol. The molecule has 3 aromatic rings. The van der Waals surface area contributed by atoms with E-state index in [1.165, 1.54) is 18.6 Å². The number of amides is 1. The quantitative estimate of drug-likeness (QED) is 0.679. The smallest absolute Gasteiger partial charge is 0.291 e. The van der Waals surface area contributed by atoms with Gasteiger partial charge < -0.3 is 19.4 Å². The van der Waals surface area contributed by atoms with E-state index < -0.39 is 5.91 Å². The Morgan fingerprint density at radius 1 is 1.14 bits per heavy atom. The number of carbonyl (C=O) groups excluding carboxylic acids is 1. The predicted octanol–water partition coefficient (Wildman–Crippen LogP) is 5.13. The van der Waals surface area contributed by atoms with Gasteiger partial charge in [0, 0.05) is 24.0 Å². The van der Waals surface area contributed by atoms with Crippen LogP contribution in [0.1, 0.15) is 35.4 Å². The molecule has 1 N–H and O–H groups in total. The molecule has 0 spiro atoms. The lowest BCUT2D eigenvalue weighted by Gasteiger charge is -2.30. The molecule has 0 bridgehead atoms. The summed E-state index contributed by atoms with van der Waals surface area (Å²) < 4.78 is 24.9. The number of benzene rings is 2. The third kappa shape index (κ3) is 3.42. The number of nitrogens with zero attached hydrogens (tertiary/aromatic N) is 1. The van der Waals surface area contributed by atoms with Crippen LogP contribution in [0.15, 0.2) is 40.8 Å². The van der Waals surface area contributed by atoms with Crippen molar-refractivity contribution in [3.63, 3.8) is 0 Å². The second-order valence-corrected chi connectivity index (χ2v) is 7.08. The fourth-order valence-corrected chi connectivity index (χ4v) is 3.74. The van der Waals surface area contributed by atoms with Gasteiger partial charge in [-0.15, -0.1) is 0 Å². The zero-order valence-corrected chi connectivity index (χ0v) is 16.0. The lowest BCUT2D eigenvalue weighted by molar-refractivity contribution is 0.0998. The van der Waals surface area contributed by atoms with Gasteiger partial charge in [-0.05, 0) is 62.6 Å². The van der Waals surface area contributed by atoms with E-state index in [0.29, 0.717) is 17.0 Å². The number of anilines is 2. The Balaban J connectivity index is 1.66. The Morgan fingerprint density at radius 3 is 2.68 bits per heavy atom. The monoisotopic (exact) mass is 382 g/mol. The van der Waals surface area contributed by atoms with Crippen LogP contribution < -0.4 is 15.0 Å². The maximum atomic E-state index is 13.9. The van der Waals surface area contributed by atoms with Crippen LogP contribution in [0, 0.1) is 12.7 Å². The van der Waals surface area contributed by atoms with Gasteiger partial charge >= 0.3 is 0 Å². The van der Waals surface area contributed by atoms with Crippen molar-refractivity contribution in [3.05, 3.63) is 53.5 Å². The van der Waals surface area contributed by atoms with Crippen LogP contribution in [0.5, 0.6) is 5.75 Å². The number of halogens is 1. The van der Waals surface area contributed by atoms with Gasteiger partial charge in [0.1, 0.15) is 17.1 Å². The summed E-state index contributed by atoms with van der Waals surface area (Å²) in [6.45, 7) is 3.63. The highest BCUT2D eigenvalue weighted by Gasteiger charge is 2.21. The van der Waals surface area contributed by atoms with Crippen LogP contribution in [0.2, 0.25) is 0 Å². The molecule has 1 aliphatic rings. The number of nitrogens with one attached hydrogen (secondary N) is 1. The second kappa shape index (κ2) is 7.54. The molecule has 146 valence electrons. The van der Waals surface area contributed by atoms with Crippen molar-refractivity contribution in [2.45, 2.75) is 26.2 Å². The van der Waals surface area contributed by atoms with E-state index in [1.54, 1.807) is 25.3 Å². The molecule has 1 amide bonds. The van der Waals surface area contributed by atoms with Crippen molar-refractivity contribution >= 4 is 28.3 Å². The molecule has 5 nitrogen and oxygen atoms in total. The first-order valence-corrected chi connectivity index (χ1v) is 9.50. The first-order chi connectivity index (χ1) is 13.6. The van der Waals surface area contributed by atoms with E-state index in [2.05, 4.69) is 10.2 Å². The molecule has 6 heteroatoms. The molecular formula is C22H23FN2O3. The summed E-state index contributed by atoms with van der Waals surface area (Å²) in [6, 6.07) is 9.92. The minimum Gasteiger partial charge on any atom is -0.497 e. The van der Waals surface area contributed by atoms with Gasteiger partial charge in [-0.1, -0.05) is 0 Å². The number of rotatable bonds is 4. The van der Waals surface area contributed by atoms with Crippen LogP contribution in [0.25, 0.3) is 11.0 Å². The van der Waals surface area contributed by atoms with E-state index in [-0.39, 0.29) is 11.6 Å². The molecule has 1 aliphatic heterocycles. The molecule has 28 heavy (non-hydrogen) atoms. The van der Waals surface area contributed by atoms with Crippen molar-refractivity contribution in [2.24, 2.45) is 0 Å². The second-order valence-electron chi connectivity index (χ2n) is 7.08. The normalized spacial score (nSPS) is 14.3. The Hall–Kier alpha value is -3.02. The first-order valence-electron chi connectivity index (χ1n) is 9.50. The predicted molar refractivity (Wildman–Crippen MR) is 108 cm³/mol. The van der Waals surface area contributed by atoms with E-state index in [1.807, 2.05) is 13.0 Å². The Labute approximate surface area is 163 Å². The third-order valence-electron chi connectivity index (χ3n) is 5.25. The van der Waals surface area contributed by atoms with Gasteiger partial charge in [-0.3, -0.25) is 4.79 Å². The summed E-state index contributed by atoms with van der Waals surface area (Å²) in [5.74, 6) is 0.136. The zero-order valence-electron chi connectivity index (χ0n) is 16.0. The van der Waals surface area contributed by atoms with Gasteiger partial charge in [0.25, 0.3) is 5.91 Å². The largest absolute Gasteiger partial charge is 0.497 e. The highest BCUT2D eigenvalue weighted by molar-refractivity contribution is 6.07. The highest BCUT2D eigenvalue weighted by atomic mass is 19.1. The SMILES string of the molecule is COc1ccc2oc(C(=O)Nc3cc(F)ccc3N3CCCCC3)c(C)c2c1. The molecule has 0 atom stereocenters. The van der Waals surface area contributed by atoms with Crippen molar-refractivity contribution in [3.8, 4) is 5.75 Å². The van der Waals surface area contributed by atoms with Crippen molar-refractivity contribution in [1.29, 1.82) is 0 Å². The van der Waals surface area contributed by atoms with Crippen LogP contribution in [-0.4, -0.2) is 26.1 Å². The van der Waals surface area contributed by atoms with Gasteiger partial charge in [0.05, 0.1) is 18.5 Å². The van der Waals surface area contributed by atoms with Crippen LogP contribution in [0.4, 0.5) is 15.8 Å². The summed E-state index contributed by atoms with van der Waals surface area (Å²) in [7, 11) is 1.59. The maximum Gasteiger partial charge on any atom is 0.291 e. The van der Waals surface area contributed by atoms with Crippen molar-refractivity contribution < 1.29 is 18.3 Å². The summed E-state index contributed by atoms with van der Waals surface area (Å²) in [6.07, 6.45) is 3.38. The van der Waals surface area contributed by atoms with E-state index in [4.69, 9.17) is 9.15 Å². The number of fused-ring (bicyclic) bond motifs is 1. The highest BCUT2D eigenvalue weighted by Crippen LogP contribution is 2.32. The topological polar surface area (TPSA) is 54.7 Å². The van der Waals surface area contributed by atoms with Gasteiger partial charge in [0.2, 0.25) is 0 Å².